The van der Waals surface area contributed by atoms with Gasteiger partial charge in [0.1, 0.15) is 5.54 Å². The first-order valence-electron chi connectivity index (χ1n) is 5.99. The van der Waals surface area contributed by atoms with Crippen LogP contribution < -0.4 is 14.9 Å². The molecule has 1 atom stereocenters. The number of carbonyl (C=O) groups excluding carboxylic acids is 2. The molecule has 2 aliphatic rings. The van der Waals surface area contributed by atoms with Crippen molar-refractivity contribution in [2.45, 2.75) is 31.8 Å². The van der Waals surface area contributed by atoms with Gasteiger partial charge in [0.15, 0.2) is 10.8 Å². The number of hydroxylamine groups is 2. The Labute approximate surface area is 114 Å². The second-order valence-electron chi connectivity index (χ2n) is 4.85. The molecule has 0 aliphatic carbocycles. The van der Waals surface area contributed by atoms with E-state index < -0.39 is 5.54 Å². The first kappa shape index (κ1) is 12.4. The number of fused-ring (bicyclic) bond motifs is 1. The highest BCUT2D eigenvalue weighted by Gasteiger charge is 2.48. The lowest BCUT2D eigenvalue weighted by Gasteiger charge is -2.37. The van der Waals surface area contributed by atoms with Gasteiger partial charge in [-0.2, -0.15) is 0 Å². The molecule has 2 aliphatic heterocycles. The van der Waals surface area contributed by atoms with Crippen molar-refractivity contribution in [3.05, 3.63) is 10.9 Å². The summed E-state index contributed by atoms with van der Waals surface area (Å²) in [6.45, 7) is 2.27. The Hall–Kier alpha value is -1.60. The van der Waals surface area contributed by atoms with Crippen molar-refractivity contribution in [1.29, 1.82) is 0 Å². The molecular weight excluding hydrogens is 268 g/mol. The zero-order valence-corrected chi connectivity index (χ0v) is 11.5. The normalized spacial score (nSPS) is 26.8. The average molecular weight is 282 g/mol. The molecule has 0 radical (unpaired) electrons. The Morgan fingerprint density at radius 1 is 1.53 bits per heavy atom. The zero-order valence-electron chi connectivity index (χ0n) is 10.7. The molecule has 1 unspecified atom stereocenters. The van der Waals surface area contributed by atoms with Crippen molar-refractivity contribution in [3.8, 4) is 10.8 Å². The first-order valence-corrected chi connectivity index (χ1v) is 6.87. The topological polar surface area (TPSA) is 67.9 Å². The fourth-order valence-corrected chi connectivity index (χ4v) is 3.15. The van der Waals surface area contributed by atoms with Gasteiger partial charge in [-0.25, -0.2) is 0 Å². The molecule has 0 aromatic carbocycles. The molecule has 6 nitrogen and oxygen atoms in total. The third-order valence-electron chi connectivity index (χ3n) is 3.64. The highest BCUT2D eigenvalue weighted by Crippen LogP contribution is 2.44. The molecule has 1 fully saturated rings. The monoisotopic (exact) mass is 282 g/mol. The summed E-state index contributed by atoms with van der Waals surface area (Å²) in [6.07, 6.45) is 0.778. The third-order valence-corrected chi connectivity index (χ3v) is 4.60. The lowest BCUT2D eigenvalue weighted by Crippen LogP contribution is -2.60. The smallest absolute Gasteiger partial charge is 0.250 e. The molecule has 7 heteroatoms. The molecule has 1 aromatic rings. The van der Waals surface area contributed by atoms with Gasteiger partial charge >= 0.3 is 0 Å². The number of methoxy groups -OCH3 is 1. The molecule has 1 saturated heterocycles. The van der Waals surface area contributed by atoms with Crippen molar-refractivity contribution in [2.24, 2.45) is 0 Å². The minimum Gasteiger partial charge on any atom is -0.487 e. The van der Waals surface area contributed by atoms with Gasteiger partial charge in [-0.3, -0.25) is 14.9 Å². The van der Waals surface area contributed by atoms with Crippen LogP contribution in [0, 0.1) is 0 Å². The Bertz CT molecular complexity index is 556. The molecule has 3 heterocycles. The zero-order chi connectivity index (χ0) is 13.6. The predicted molar refractivity (Wildman–Crippen MR) is 67.8 cm³/mol. The first-order chi connectivity index (χ1) is 9.04. The highest BCUT2D eigenvalue weighted by atomic mass is 32.1. The number of carbonyl (C=O) groups is 2. The van der Waals surface area contributed by atoms with E-state index in [1.54, 1.807) is 19.1 Å². The molecule has 1 aromatic heterocycles. The van der Waals surface area contributed by atoms with Crippen LogP contribution in [0.1, 0.15) is 25.3 Å². The van der Waals surface area contributed by atoms with Crippen LogP contribution in [0.15, 0.2) is 5.38 Å². The number of piperidine rings is 1. The maximum atomic E-state index is 12.1. The van der Waals surface area contributed by atoms with E-state index >= 15 is 0 Å². The van der Waals surface area contributed by atoms with Gasteiger partial charge in [0, 0.05) is 11.8 Å². The Morgan fingerprint density at radius 2 is 2.32 bits per heavy atom. The SMILES string of the molecule is COc1scc2c1CN(C1(C)CCC(=O)NC1=O)O2. The van der Waals surface area contributed by atoms with Crippen LogP contribution in [0.3, 0.4) is 0 Å². The summed E-state index contributed by atoms with van der Waals surface area (Å²) in [7, 11) is 1.61. The van der Waals surface area contributed by atoms with E-state index in [-0.39, 0.29) is 11.8 Å². The van der Waals surface area contributed by atoms with Gasteiger partial charge in [-0.05, 0) is 13.3 Å². The summed E-state index contributed by atoms with van der Waals surface area (Å²) < 4.78 is 5.27. The summed E-state index contributed by atoms with van der Waals surface area (Å²) in [5, 5.41) is 6.66. The van der Waals surface area contributed by atoms with Gasteiger partial charge < -0.3 is 9.57 Å². The summed E-state index contributed by atoms with van der Waals surface area (Å²) in [4.78, 5) is 29.0. The summed E-state index contributed by atoms with van der Waals surface area (Å²) in [5.74, 6) is 0.192. The molecule has 102 valence electrons. The molecule has 0 spiro atoms. The van der Waals surface area contributed by atoms with Crippen LogP contribution in [0.5, 0.6) is 10.8 Å². The van der Waals surface area contributed by atoms with Gasteiger partial charge in [0.25, 0.3) is 0 Å². The number of nitrogens with zero attached hydrogens (tertiary/aromatic N) is 1. The Kier molecular flexibility index (Phi) is 2.75. The largest absolute Gasteiger partial charge is 0.487 e. The molecule has 3 rings (SSSR count). The molecule has 1 N–H and O–H groups in total. The molecule has 19 heavy (non-hydrogen) atoms. The van der Waals surface area contributed by atoms with E-state index in [2.05, 4.69) is 5.32 Å². The maximum Gasteiger partial charge on any atom is 0.250 e. The number of thiophene rings is 1. The van der Waals surface area contributed by atoms with Crippen LogP contribution in [0.4, 0.5) is 0 Å². The van der Waals surface area contributed by atoms with E-state index in [4.69, 9.17) is 9.57 Å². The van der Waals surface area contributed by atoms with E-state index in [1.807, 2.05) is 5.38 Å². The molecular formula is C12H14N2O4S. The molecule has 0 saturated carbocycles. The standard InChI is InChI=1S/C12H14N2O4S/c1-12(4-3-9(15)13-11(12)16)14-5-7-8(18-14)6-19-10(7)17-2/h6H,3-5H2,1-2H3,(H,13,15,16). The average Bonchev–Trinajstić information content (AvgIpc) is 2.94. The van der Waals surface area contributed by atoms with Gasteiger partial charge in [-0.15, -0.1) is 16.4 Å². The van der Waals surface area contributed by atoms with Crippen molar-refractivity contribution in [1.82, 2.24) is 10.4 Å². The van der Waals surface area contributed by atoms with Gasteiger partial charge in [0.2, 0.25) is 11.8 Å². The number of nitrogens with one attached hydrogen (secondary N) is 1. The number of imide groups is 1. The van der Waals surface area contributed by atoms with Crippen molar-refractivity contribution >= 4 is 23.2 Å². The highest BCUT2D eigenvalue weighted by molar-refractivity contribution is 7.12. The van der Waals surface area contributed by atoms with Crippen molar-refractivity contribution < 1.29 is 19.2 Å². The summed E-state index contributed by atoms with van der Waals surface area (Å²) >= 11 is 1.47. The second-order valence-corrected chi connectivity index (χ2v) is 5.69. The maximum absolute atomic E-state index is 12.1. The van der Waals surface area contributed by atoms with Crippen LogP contribution in [-0.4, -0.2) is 29.5 Å². The van der Waals surface area contributed by atoms with Crippen LogP contribution >= 0.6 is 11.3 Å². The fraction of sp³-hybridized carbons (Fsp3) is 0.500. The lowest BCUT2D eigenvalue weighted by atomic mass is 9.90. The fourth-order valence-electron chi connectivity index (χ4n) is 2.34. The summed E-state index contributed by atoms with van der Waals surface area (Å²) in [6, 6.07) is 0. The number of hydrogen-bond donors (Lipinski definition) is 1. The number of amides is 2. The van der Waals surface area contributed by atoms with E-state index in [1.165, 1.54) is 11.3 Å². The van der Waals surface area contributed by atoms with Gasteiger partial charge in [0.05, 0.1) is 19.2 Å². The van der Waals surface area contributed by atoms with E-state index in [0.717, 1.165) is 16.4 Å². The number of ether oxygens (including phenoxy) is 1. The molecule has 0 bridgehead atoms. The number of hydrogen-bond acceptors (Lipinski definition) is 6. The van der Waals surface area contributed by atoms with E-state index in [9.17, 15) is 9.59 Å². The van der Waals surface area contributed by atoms with Crippen molar-refractivity contribution in [2.75, 3.05) is 7.11 Å². The van der Waals surface area contributed by atoms with Crippen LogP contribution in [-0.2, 0) is 16.1 Å². The summed E-state index contributed by atoms with van der Waals surface area (Å²) in [5.41, 5.74) is 0.133. The predicted octanol–water partition coefficient (Wildman–Crippen LogP) is 1.06. The Morgan fingerprint density at radius 3 is 3.00 bits per heavy atom. The van der Waals surface area contributed by atoms with Crippen LogP contribution in [0.2, 0.25) is 0 Å². The van der Waals surface area contributed by atoms with Crippen molar-refractivity contribution in [3.63, 3.8) is 0 Å². The molecule has 2 amide bonds. The minimum absolute atomic E-state index is 0.228. The minimum atomic E-state index is -0.824. The van der Waals surface area contributed by atoms with Crippen LogP contribution in [0.25, 0.3) is 0 Å². The lowest BCUT2D eigenvalue weighted by molar-refractivity contribution is -0.169. The van der Waals surface area contributed by atoms with E-state index in [0.29, 0.717) is 19.4 Å². The quantitative estimate of drug-likeness (QED) is 0.822. The third kappa shape index (κ3) is 1.81. The second kappa shape index (κ2) is 4.21. The Balaban J connectivity index is 1.84. The van der Waals surface area contributed by atoms with Gasteiger partial charge in [-0.1, -0.05) is 0 Å². The number of rotatable bonds is 2.